The highest BCUT2D eigenvalue weighted by molar-refractivity contribution is 7.96. The molecule has 0 saturated carbocycles. The molecular weight excluding hydrogens is 859 g/mol. The molecule has 5 rings (SSSR count). The Hall–Kier alpha value is -4.26. The van der Waals surface area contributed by atoms with Crippen molar-refractivity contribution in [3.8, 4) is 11.5 Å². The van der Waals surface area contributed by atoms with Crippen molar-refractivity contribution < 1.29 is 24.2 Å². The number of hydrogen-bond donors (Lipinski definition) is 3. The van der Waals surface area contributed by atoms with Crippen molar-refractivity contribution in [2.24, 2.45) is 5.92 Å². The molecule has 5 aromatic rings. The molecule has 1 aromatic heterocycles. The quantitative estimate of drug-likeness (QED) is 0.0640. The number of nitrogens with one attached hydrogen (secondary N) is 1. The summed E-state index contributed by atoms with van der Waals surface area (Å²) in [4.78, 5) is 31.5. The molecule has 58 heavy (non-hydrogen) atoms. The van der Waals surface area contributed by atoms with Gasteiger partial charge in [-0.3, -0.25) is 9.59 Å². The third kappa shape index (κ3) is 13.4. The summed E-state index contributed by atoms with van der Waals surface area (Å²) in [6.45, 7) is 22.8. The summed E-state index contributed by atoms with van der Waals surface area (Å²) < 4.78 is 5.81. The Morgan fingerprint density at radius 3 is 1.74 bits per heavy atom. The summed E-state index contributed by atoms with van der Waals surface area (Å²) in [6.07, 6.45) is -0.932. The lowest BCUT2D eigenvalue weighted by atomic mass is 9.91. The van der Waals surface area contributed by atoms with E-state index in [-0.39, 0.29) is 18.7 Å². The largest absolute Gasteiger partial charge is 0.420 e. The van der Waals surface area contributed by atoms with Crippen LogP contribution in [0.5, 0.6) is 0 Å². The molecule has 0 saturated heterocycles. The lowest BCUT2D eigenvalue weighted by Gasteiger charge is -2.21. The molecular formula is C42H40Cl4N5O5PS. The molecule has 1 heterocycles. The number of aromatic nitrogens is 2. The molecule has 0 bridgehead atoms. The second-order valence-corrected chi connectivity index (χ2v) is 16.1. The predicted molar refractivity (Wildman–Crippen MR) is 236 cm³/mol. The van der Waals surface area contributed by atoms with E-state index in [1.165, 1.54) is 6.92 Å². The Labute approximate surface area is 365 Å². The summed E-state index contributed by atoms with van der Waals surface area (Å²) in [6, 6.07) is 20.3. The minimum atomic E-state index is -0.927. The van der Waals surface area contributed by atoms with Crippen LogP contribution in [0.15, 0.2) is 77.2 Å². The number of rotatable bonds is 12. The van der Waals surface area contributed by atoms with E-state index < -0.39 is 30.0 Å². The van der Waals surface area contributed by atoms with Gasteiger partial charge in [0.05, 0.1) is 53.8 Å². The topological polar surface area (TPSA) is 134 Å². The zero-order valence-electron chi connectivity index (χ0n) is 32.1. The maximum Gasteiger partial charge on any atom is 0.247 e. The number of Topliss-reactive ketones (excluding diaryl/α,β-unsaturated/α-hetero) is 1. The first-order chi connectivity index (χ1) is 27.6. The fourth-order valence-electron chi connectivity index (χ4n) is 5.59. The first-order valence-electron chi connectivity index (χ1n) is 17.6. The van der Waals surface area contributed by atoms with Crippen LogP contribution in [0.4, 0.5) is 11.4 Å². The van der Waals surface area contributed by atoms with Crippen LogP contribution in [0.1, 0.15) is 58.3 Å². The molecule has 10 nitrogen and oxygen atoms in total. The van der Waals surface area contributed by atoms with Crippen LogP contribution in [-0.2, 0) is 29.4 Å². The Bertz CT molecular complexity index is 2290. The number of nitrogens with zero attached hydrogens (tertiary/aromatic N) is 4. The number of carbonyl (C=O) groups is 2. The van der Waals surface area contributed by atoms with Crippen LogP contribution in [0.25, 0.3) is 21.1 Å². The van der Waals surface area contributed by atoms with E-state index in [2.05, 4.69) is 37.0 Å². The van der Waals surface area contributed by atoms with Gasteiger partial charge in [0, 0.05) is 21.2 Å². The SMILES string of the molecule is CP=S.[C-]#[N+]c1ccc(C[C@@H](C(=O)NCC(=O)c2ccc(Cl)cc2)[C@H](C)O)c(C)c1Cl.[C-]#[N+]c1ccc(C[C@@H](c2nnc(-c3ccc(Cl)cc3)o2)[C@H](C)O)c(C)c1Cl. The zero-order valence-corrected chi connectivity index (χ0v) is 36.9. The molecule has 3 N–H and O–H groups in total. The Morgan fingerprint density at radius 1 is 0.793 bits per heavy atom. The van der Waals surface area contributed by atoms with Gasteiger partial charge in [-0.05, 0) is 125 Å². The van der Waals surface area contributed by atoms with Gasteiger partial charge in [0.1, 0.15) is 0 Å². The molecule has 302 valence electrons. The minimum Gasteiger partial charge on any atom is -0.420 e. The summed E-state index contributed by atoms with van der Waals surface area (Å²) >= 11 is 28.5. The molecule has 0 radical (unpaired) electrons. The Kier molecular flexibility index (Phi) is 19.4. The van der Waals surface area contributed by atoms with Crippen molar-refractivity contribution in [2.75, 3.05) is 13.2 Å². The summed E-state index contributed by atoms with van der Waals surface area (Å²) in [7, 11) is 1.00. The van der Waals surface area contributed by atoms with Gasteiger partial charge in [-0.2, -0.15) is 0 Å². The van der Waals surface area contributed by atoms with Crippen molar-refractivity contribution in [3.05, 3.63) is 149 Å². The van der Waals surface area contributed by atoms with E-state index in [1.807, 2.05) is 19.7 Å². The average Bonchev–Trinajstić information content (AvgIpc) is 3.69. The molecule has 0 spiro atoms. The number of aliphatic hydroxyl groups is 2. The number of aliphatic hydroxyl groups excluding tert-OH is 2. The molecule has 0 fully saturated rings. The molecule has 4 aromatic carbocycles. The normalized spacial score (nSPS) is 12.6. The third-order valence-electron chi connectivity index (χ3n) is 9.02. The molecule has 1 amide bonds. The van der Waals surface area contributed by atoms with Crippen LogP contribution in [0.2, 0.25) is 20.1 Å². The smallest absolute Gasteiger partial charge is 0.247 e. The van der Waals surface area contributed by atoms with Gasteiger partial charge in [0.25, 0.3) is 0 Å². The van der Waals surface area contributed by atoms with E-state index in [0.717, 1.165) is 29.6 Å². The Morgan fingerprint density at radius 2 is 1.28 bits per heavy atom. The molecule has 0 aliphatic carbocycles. The van der Waals surface area contributed by atoms with Crippen LogP contribution in [-0.4, -0.2) is 57.5 Å². The van der Waals surface area contributed by atoms with E-state index in [4.69, 9.17) is 64.0 Å². The van der Waals surface area contributed by atoms with Gasteiger partial charge in [0.15, 0.2) is 5.78 Å². The number of carbonyl (C=O) groups excluding carboxylic acids is 2. The van der Waals surface area contributed by atoms with Crippen LogP contribution < -0.4 is 5.32 Å². The molecule has 0 unspecified atom stereocenters. The predicted octanol–water partition coefficient (Wildman–Crippen LogP) is 11.0. The summed E-state index contributed by atoms with van der Waals surface area (Å²) in [5.74, 6) is -1.12. The number of ketones is 1. The summed E-state index contributed by atoms with van der Waals surface area (Å²) in [5.41, 5.74) is 5.15. The van der Waals surface area contributed by atoms with Crippen molar-refractivity contribution in [1.29, 1.82) is 0 Å². The van der Waals surface area contributed by atoms with Gasteiger partial charge in [-0.15, -0.1) is 10.2 Å². The monoisotopic (exact) mass is 897 g/mol. The lowest BCUT2D eigenvalue weighted by molar-refractivity contribution is -0.127. The Balaban J connectivity index is 0.000000291. The highest BCUT2D eigenvalue weighted by Crippen LogP contribution is 2.35. The van der Waals surface area contributed by atoms with E-state index in [1.54, 1.807) is 80.6 Å². The van der Waals surface area contributed by atoms with Crippen molar-refractivity contribution >= 4 is 88.6 Å². The summed E-state index contributed by atoms with van der Waals surface area (Å²) in [5, 5.41) is 33.1. The third-order valence-corrected chi connectivity index (χ3v) is 10.5. The lowest BCUT2D eigenvalue weighted by Crippen LogP contribution is -2.40. The second kappa shape index (κ2) is 23.4. The second-order valence-electron chi connectivity index (χ2n) is 13.0. The van der Waals surface area contributed by atoms with Crippen LogP contribution in [0, 0.1) is 32.9 Å². The van der Waals surface area contributed by atoms with E-state index in [9.17, 15) is 19.8 Å². The number of hydrogen-bond acceptors (Lipinski definition) is 8. The maximum atomic E-state index is 12.6. The van der Waals surface area contributed by atoms with Crippen molar-refractivity contribution in [1.82, 2.24) is 15.5 Å². The highest BCUT2D eigenvalue weighted by atomic mass is 35.5. The first-order valence-corrected chi connectivity index (χ1v) is 21.5. The maximum absolute atomic E-state index is 12.6. The number of benzene rings is 4. The van der Waals surface area contributed by atoms with Gasteiger partial charge >= 0.3 is 0 Å². The van der Waals surface area contributed by atoms with Gasteiger partial charge < -0.3 is 19.9 Å². The fourth-order valence-corrected chi connectivity index (χ4v) is 6.29. The number of halogens is 4. The minimum absolute atomic E-state index is 0.180. The van der Waals surface area contributed by atoms with Gasteiger partial charge in [-0.1, -0.05) is 82.5 Å². The molecule has 4 atom stereocenters. The molecule has 16 heteroatoms. The molecule has 0 aliphatic heterocycles. The average molecular weight is 900 g/mol. The van der Waals surface area contributed by atoms with Gasteiger partial charge in [-0.25, -0.2) is 9.69 Å². The van der Waals surface area contributed by atoms with Crippen molar-refractivity contribution in [2.45, 2.75) is 58.7 Å². The first kappa shape index (κ1) is 48.1. The highest BCUT2D eigenvalue weighted by Gasteiger charge is 2.27. The number of amides is 1. The van der Waals surface area contributed by atoms with Crippen molar-refractivity contribution in [3.63, 3.8) is 0 Å². The van der Waals surface area contributed by atoms with Crippen LogP contribution >= 0.6 is 53.8 Å². The fraction of sp³-hybridized carbons (Fsp3) is 0.286. The molecule has 0 aliphatic rings. The van der Waals surface area contributed by atoms with Gasteiger partial charge in [0.2, 0.25) is 29.1 Å². The zero-order chi connectivity index (χ0) is 43.1. The standard InChI is InChI=1S/C21H20Cl2N2O3.C20H17Cl2N3O2.CH3PS/c1-12-15(6-9-18(24-3)20(12)23)10-17(13(2)26)21(28)25-11-19(27)14-4-7-16(22)8-5-14;1-11-14(6-9-17(23-3)18(11)22)10-16(12(2)26)20-25-24-19(27-20)13-4-7-15(21)8-5-13;1-2-3/h4-9,13,17,26H,10-11H2,1-2H3,(H,25,28);4-9,12,16,26H,10H2,1-2H3;1H3/t13-,17+;12-,16+;/m00./s1. The van der Waals surface area contributed by atoms with E-state index in [0.29, 0.717) is 60.8 Å². The van der Waals surface area contributed by atoms with Crippen LogP contribution in [0.3, 0.4) is 0 Å². The van der Waals surface area contributed by atoms with E-state index >= 15 is 0 Å².